The zero-order chi connectivity index (χ0) is 20.5. The number of thioether (sulfide) groups is 1. The first-order valence-electron chi connectivity index (χ1n) is 9.52. The third-order valence-electron chi connectivity index (χ3n) is 4.79. The van der Waals surface area contributed by atoms with E-state index in [0.717, 1.165) is 40.9 Å². The molecule has 30 heavy (non-hydrogen) atoms. The van der Waals surface area contributed by atoms with Crippen molar-refractivity contribution in [1.29, 1.82) is 0 Å². The molecule has 0 radical (unpaired) electrons. The number of hydrogen-bond donors (Lipinski definition) is 0. The lowest BCUT2D eigenvalue weighted by atomic mass is 10.2. The van der Waals surface area contributed by atoms with Crippen molar-refractivity contribution in [3.05, 3.63) is 65.3 Å². The monoisotopic (exact) mass is 439 g/mol. The van der Waals surface area contributed by atoms with Crippen LogP contribution in [0.3, 0.4) is 0 Å². The molecule has 1 saturated carbocycles. The van der Waals surface area contributed by atoms with Crippen LogP contribution in [-0.4, -0.2) is 32.0 Å². The molecule has 152 valence electrons. The fourth-order valence-corrected chi connectivity index (χ4v) is 4.01. The molecule has 0 aliphatic heterocycles. The zero-order valence-corrected chi connectivity index (χ0v) is 17.7. The molecule has 4 aromatic rings. The lowest BCUT2D eigenvalue weighted by Crippen LogP contribution is -2.00. The number of benzene rings is 2. The van der Waals surface area contributed by atoms with E-state index in [0.29, 0.717) is 28.3 Å². The van der Waals surface area contributed by atoms with Gasteiger partial charge in [-0.15, -0.1) is 10.2 Å². The predicted molar refractivity (Wildman–Crippen MR) is 114 cm³/mol. The molecular formula is C21H18ClN5O2S. The highest BCUT2D eigenvalue weighted by Crippen LogP contribution is 2.39. The maximum absolute atomic E-state index is 6.09. The molecule has 9 heteroatoms. The van der Waals surface area contributed by atoms with Crippen LogP contribution in [-0.2, 0) is 5.75 Å². The third kappa shape index (κ3) is 3.93. The Labute approximate surface area is 182 Å². The lowest BCUT2D eigenvalue weighted by molar-refractivity contribution is 0.375. The van der Waals surface area contributed by atoms with Gasteiger partial charge in [-0.25, -0.2) is 0 Å². The average molecular weight is 440 g/mol. The number of halogens is 1. The summed E-state index contributed by atoms with van der Waals surface area (Å²) in [7, 11) is 1.64. The molecule has 7 nitrogen and oxygen atoms in total. The lowest BCUT2D eigenvalue weighted by Gasteiger charge is -2.11. The molecule has 1 aliphatic carbocycles. The molecule has 2 heterocycles. The quantitative estimate of drug-likeness (QED) is 0.368. The SMILES string of the molecule is COc1cccc(-c2nnc(SCc3noc(C4CC4)n3)n2-c2ccc(Cl)cc2)c1. The second-order valence-corrected chi connectivity index (χ2v) is 8.34. The highest BCUT2D eigenvalue weighted by molar-refractivity contribution is 7.98. The summed E-state index contributed by atoms with van der Waals surface area (Å²) in [5.41, 5.74) is 1.82. The Balaban J connectivity index is 1.49. The summed E-state index contributed by atoms with van der Waals surface area (Å²) in [6, 6.07) is 15.3. The van der Waals surface area contributed by atoms with Crippen molar-refractivity contribution < 1.29 is 9.26 Å². The topological polar surface area (TPSA) is 78.9 Å². The largest absolute Gasteiger partial charge is 0.497 e. The Morgan fingerprint density at radius 2 is 2.00 bits per heavy atom. The maximum Gasteiger partial charge on any atom is 0.229 e. The van der Waals surface area contributed by atoms with E-state index in [9.17, 15) is 0 Å². The van der Waals surface area contributed by atoms with Gasteiger partial charge in [-0.1, -0.05) is 40.7 Å². The highest BCUT2D eigenvalue weighted by atomic mass is 35.5. The standard InChI is InChI=1S/C21H18ClN5O2S/c1-28-17-4-2-3-14(11-17)19-24-25-21(27(19)16-9-7-15(22)8-10-16)30-12-18-23-20(29-26-18)13-5-6-13/h2-4,7-11,13H,5-6,12H2,1H3. The van der Waals surface area contributed by atoms with E-state index >= 15 is 0 Å². The van der Waals surface area contributed by atoms with Gasteiger partial charge in [0.25, 0.3) is 0 Å². The molecule has 0 atom stereocenters. The van der Waals surface area contributed by atoms with E-state index in [-0.39, 0.29) is 0 Å². The number of nitrogens with zero attached hydrogens (tertiary/aromatic N) is 5. The predicted octanol–water partition coefficient (Wildman–Crippen LogP) is 5.15. The van der Waals surface area contributed by atoms with Crippen LogP contribution in [0.15, 0.2) is 58.2 Å². The molecular weight excluding hydrogens is 422 g/mol. The van der Waals surface area contributed by atoms with Crippen molar-refractivity contribution in [1.82, 2.24) is 24.9 Å². The first kappa shape index (κ1) is 19.1. The Kier molecular flexibility index (Phi) is 5.18. The minimum Gasteiger partial charge on any atom is -0.497 e. The van der Waals surface area contributed by atoms with Gasteiger partial charge in [-0.2, -0.15) is 4.98 Å². The smallest absolute Gasteiger partial charge is 0.229 e. The summed E-state index contributed by atoms with van der Waals surface area (Å²) in [5.74, 6) is 3.85. The number of rotatable bonds is 7. The summed E-state index contributed by atoms with van der Waals surface area (Å²) in [5, 5.41) is 14.4. The van der Waals surface area contributed by atoms with Crippen molar-refractivity contribution in [3.8, 4) is 22.8 Å². The fraction of sp³-hybridized carbons (Fsp3) is 0.238. The van der Waals surface area contributed by atoms with Gasteiger partial charge in [0.1, 0.15) is 5.75 Å². The average Bonchev–Trinajstić information content (AvgIpc) is 3.37. The van der Waals surface area contributed by atoms with Crippen LogP contribution in [0.25, 0.3) is 17.1 Å². The van der Waals surface area contributed by atoms with E-state index in [1.807, 2.05) is 53.1 Å². The minimum atomic E-state index is 0.439. The van der Waals surface area contributed by atoms with Crippen LogP contribution >= 0.6 is 23.4 Å². The van der Waals surface area contributed by atoms with E-state index in [1.54, 1.807) is 7.11 Å². The van der Waals surface area contributed by atoms with Crippen LogP contribution < -0.4 is 4.74 Å². The van der Waals surface area contributed by atoms with E-state index < -0.39 is 0 Å². The maximum atomic E-state index is 6.09. The second-order valence-electron chi connectivity index (χ2n) is 6.96. The Bertz CT molecular complexity index is 1170. The molecule has 2 aromatic carbocycles. The highest BCUT2D eigenvalue weighted by Gasteiger charge is 2.29. The summed E-state index contributed by atoms with van der Waals surface area (Å²) < 4.78 is 12.7. The van der Waals surface area contributed by atoms with Gasteiger partial charge in [0.2, 0.25) is 5.89 Å². The van der Waals surface area contributed by atoms with Crippen LogP contribution in [0.1, 0.15) is 30.5 Å². The number of hydrogen-bond acceptors (Lipinski definition) is 7. The number of methoxy groups -OCH3 is 1. The molecule has 0 N–H and O–H groups in total. The van der Waals surface area contributed by atoms with Crippen molar-refractivity contribution in [3.63, 3.8) is 0 Å². The normalized spacial score (nSPS) is 13.5. The van der Waals surface area contributed by atoms with Crippen molar-refractivity contribution >= 4 is 23.4 Å². The molecule has 2 aromatic heterocycles. The van der Waals surface area contributed by atoms with Gasteiger partial charge in [0.15, 0.2) is 16.8 Å². The van der Waals surface area contributed by atoms with Gasteiger partial charge in [0.05, 0.1) is 12.9 Å². The summed E-state index contributed by atoms with van der Waals surface area (Å²) >= 11 is 7.60. The van der Waals surface area contributed by atoms with Crippen molar-refractivity contribution in [2.75, 3.05) is 7.11 Å². The van der Waals surface area contributed by atoms with Crippen molar-refractivity contribution in [2.45, 2.75) is 29.7 Å². The van der Waals surface area contributed by atoms with Crippen molar-refractivity contribution in [2.24, 2.45) is 0 Å². The summed E-state index contributed by atoms with van der Waals surface area (Å²) in [6.45, 7) is 0. The van der Waals surface area contributed by atoms with Crippen LogP contribution in [0, 0.1) is 0 Å². The molecule has 0 unspecified atom stereocenters. The zero-order valence-electron chi connectivity index (χ0n) is 16.2. The molecule has 0 amide bonds. The summed E-state index contributed by atoms with van der Waals surface area (Å²) in [6.07, 6.45) is 2.26. The van der Waals surface area contributed by atoms with Gasteiger partial charge in [-0.05, 0) is 49.2 Å². The Hall–Kier alpha value is -2.84. The first-order valence-corrected chi connectivity index (χ1v) is 10.9. The first-order chi connectivity index (χ1) is 14.7. The molecule has 1 aliphatic rings. The fourth-order valence-electron chi connectivity index (χ4n) is 3.09. The summed E-state index contributed by atoms with van der Waals surface area (Å²) in [4.78, 5) is 4.50. The number of aromatic nitrogens is 5. The van der Waals surface area contributed by atoms with Gasteiger partial charge in [-0.3, -0.25) is 4.57 Å². The molecule has 0 bridgehead atoms. The molecule has 5 rings (SSSR count). The molecule has 0 spiro atoms. The van der Waals surface area contributed by atoms with E-state index in [1.165, 1.54) is 11.8 Å². The van der Waals surface area contributed by atoms with Gasteiger partial charge < -0.3 is 9.26 Å². The van der Waals surface area contributed by atoms with E-state index in [2.05, 4.69) is 20.3 Å². The molecule has 0 saturated heterocycles. The molecule has 1 fully saturated rings. The Morgan fingerprint density at radius 1 is 1.17 bits per heavy atom. The number of ether oxygens (including phenoxy) is 1. The second kappa shape index (κ2) is 8.12. The van der Waals surface area contributed by atoms with Crippen LogP contribution in [0.5, 0.6) is 5.75 Å². The van der Waals surface area contributed by atoms with E-state index in [4.69, 9.17) is 20.9 Å². The van der Waals surface area contributed by atoms with Crippen LogP contribution in [0.2, 0.25) is 5.02 Å². The minimum absolute atomic E-state index is 0.439. The third-order valence-corrected chi connectivity index (χ3v) is 5.96. The van der Waals surface area contributed by atoms with Crippen LogP contribution in [0.4, 0.5) is 0 Å². The van der Waals surface area contributed by atoms with Gasteiger partial charge >= 0.3 is 0 Å². The Morgan fingerprint density at radius 3 is 2.77 bits per heavy atom. The van der Waals surface area contributed by atoms with Gasteiger partial charge in [0, 0.05) is 22.2 Å².